The molecule has 0 bridgehead atoms. The minimum absolute atomic E-state index is 0.141. The summed E-state index contributed by atoms with van der Waals surface area (Å²) in [5, 5.41) is 3.95. The van der Waals surface area contributed by atoms with Crippen molar-refractivity contribution in [3.8, 4) is 5.88 Å². The molecule has 0 aromatic carbocycles. The van der Waals surface area contributed by atoms with E-state index in [1.807, 2.05) is 0 Å². The molecule has 12 heavy (non-hydrogen) atoms. The maximum Gasteiger partial charge on any atom is 0.235 e. The first-order chi connectivity index (χ1) is 5.77. The van der Waals surface area contributed by atoms with Gasteiger partial charge in [-0.1, -0.05) is 0 Å². The number of hydrogen-bond acceptors (Lipinski definition) is 4. The Morgan fingerprint density at radius 3 is 2.92 bits per heavy atom. The van der Waals surface area contributed by atoms with Crippen LogP contribution in [0, 0.1) is 0 Å². The monoisotopic (exact) mass is 169 g/mol. The fourth-order valence-corrected chi connectivity index (χ4v) is 1.03. The molecule has 1 aromatic rings. The highest BCUT2D eigenvalue weighted by Gasteiger charge is 2.22. The van der Waals surface area contributed by atoms with Gasteiger partial charge in [0.05, 0.1) is 19.4 Å². The summed E-state index contributed by atoms with van der Waals surface area (Å²) in [6, 6.07) is 0. The molecule has 0 amide bonds. The van der Waals surface area contributed by atoms with Crippen LogP contribution in [0.1, 0.15) is 0 Å². The molecule has 0 atom stereocenters. The third kappa shape index (κ3) is 1.12. The first kappa shape index (κ1) is 7.42. The van der Waals surface area contributed by atoms with Crippen molar-refractivity contribution >= 4 is 5.69 Å². The number of anilines is 1. The smallest absolute Gasteiger partial charge is 0.235 e. The molecule has 2 N–H and O–H groups in total. The summed E-state index contributed by atoms with van der Waals surface area (Å²) in [5.41, 5.74) is 6.19. The standard InChI is InChI=1S/C7H11N3O2/c1-10-7(6(8)2-9-10)12-5-3-11-4-5/h2,5H,3-4,8H2,1H3. The van der Waals surface area contributed by atoms with Crippen LogP contribution in [0.25, 0.3) is 0 Å². The van der Waals surface area contributed by atoms with Crippen LogP contribution in [0.3, 0.4) is 0 Å². The molecule has 1 aliphatic heterocycles. The zero-order valence-electron chi connectivity index (χ0n) is 6.86. The number of nitrogen functional groups attached to an aromatic ring is 1. The van der Waals surface area contributed by atoms with Gasteiger partial charge in [0, 0.05) is 7.05 Å². The van der Waals surface area contributed by atoms with Gasteiger partial charge in [-0.2, -0.15) is 5.10 Å². The highest BCUT2D eigenvalue weighted by molar-refractivity contribution is 5.46. The second-order valence-corrected chi connectivity index (χ2v) is 2.81. The maximum atomic E-state index is 5.62. The van der Waals surface area contributed by atoms with E-state index in [0.717, 1.165) is 0 Å². The molecule has 1 saturated heterocycles. The van der Waals surface area contributed by atoms with Crippen LogP contribution < -0.4 is 10.5 Å². The van der Waals surface area contributed by atoms with Crippen molar-refractivity contribution in [3.63, 3.8) is 0 Å². The Morgan fingerprint density at radius 2 is 2.50 bits per heavy atom. The number of hydrogen-bond donors (Lipinski definition) is 1. The Bertz CT molecular complexity index is 261. The van der Waals surface area contributed by atoms with Crippen molar-refractivity contribution in [3.05, 3.63) is 6.20 Å². The van der Waals surface area contributed by atoms with E-state index in [1.165, 1.54) is 0 Å². The second-order valence-electron chi connectivity index (χ2n) is 2.81. The number of aryl methyl sites for hydroxylation is 1. The van der Waals surface area contributed by atoms with Gasteiger partial charge in [0.2, 0.25) is 5.88 Å². The van der Waals surface area contributed by atoms with Crippen LogP contribution >= 0.6 is 0 Å². The number of rotatable bonds is 2. The molecule has 0 saturated carbocycles. The van der Waals surface area contributed by atoms with E-state index < -0.39 is 0 Å². The van der Waals surface area contributed by atoms with Crippen LogP contribution in [0.2, 0.25) is 0 Å². The van der Waals surface area contributed by atoms with Crippen molar-refractivity contribution in [1.82, 2.24) is 9.78 Å². The van der Waals surface area contributed by atoms with Crippen LogP contribution in [-0.2, 0) is 11.8 Å². The molecule has 0 radical (unpaired) electrons. The molecule has 2 heterocycles. The Balaban J connectivity index is 2.10. The molecule has 5 heteroatoms. The van der Waals surface area contributed by atoms with E-state index in [-0.39, 0.29) is 6.10 Å². The SMILES string of the molecule is Cn1ncc(N)c1OC1COC1. The van der Waals surface area contributed by atoms with Gasteiger partial charge in [0.15, 0.2) is 0 Å². The summed E-state index contributed by atoms with van der Waals surface area (Å²) in [6.07, 6.45) is 1.72. The Hall–Kier alpha value is -1.23. The predicted molar refractivity (Wildman–Crippen MR) is 42.9 cm³/mol. The molecule has 1 aliphatic rings. The van der Waals surface area contributed by atoms with Crippen molar-refractivity contribution in [2.75, 3.05) is 18.9 Å². The van der Waals surface area contributed by atoms with Gasteiger partial charge in [-0.25, -0.2) is 4.68 Å². The van der Waals surface area contributed by atoms with Gasteiger partial charge in [-0.05, 0) is 0 Å². The number of nitrogens with zero attached hydrogens (tertiary/aromatic N) is 2. The van der Waals surface area contributed by atoms with Crippen LogP contribution in [0.4, 0.5) is 5.69 Å². The molecule has 1 aromatic heterocycles. The average Bonchev–Trinajstić information content (AvgIpc) is 2.25. The fourth-order valence-electron chi connectivity index (χ4n) is 1.03. The quantitative estimate of drug-likeness (QED) is 0.664. The number of ether oxygens (including phenoxy) is 2. The summed E-state index contributed by atoms with van der Waals surface area (Å²) < 4.78 is 12.1. The van der Waals surface area contributed by atoms with Crippen LogP contribution in [0.5, 0.6) is 5.88 Å². The van der Waals surface area contributed by atoms with Gasteiger partial charge in [0.25, 0.3) is 0 Å². The van der Waals surface area contributed by atoms with Crippen LogP contribution in [0.15, 0.2) is 6.20 Å². The number of aromatic nitrogens is 2. The van der Waals surface area contributed by atoms with Gasteiger partial charge in [0.1, 0.15) is 11.8 Å². The lowest BCUT2D eigenvalue weighted by molar-refractivity contribution is -0.0823. The zero-order chi connectivity index (χ0) is 8.55. The van der Waals surface area contributed by atoms with Crippen molar-refractivity contribution < 1.29 is 9.47 Å². The van der Waals surface area contributed by atoms with Crippen molar-refractivity contribution in [1.29, 1.82) is 0 Å². The van der Waals surface area contributed by atoms with Crippen molar-refractivity contribution in [2.45, 2.75) is 6.10 Å². The lowest BCUT2D eigenvalue weighted by Crippen LogP contribution is -2.39. The van der Waals surface area contributed by atoms with Crippen molar-refractivity contribution in [2.24, 2.45) is 7.05 Å². The van der Waals surface area contributed by atoms with E-state index in [9.17, 15) is 0 Å². The third-order valence-electron chi connectivity index (χ3n) is 1.80. The highest BCUT2D eigenvalue weighted by Crippen LogP contribution is 2.22. The minimum atomic E-state index is 0.141. The Morgan fingerprint density at radius 1 is 1.75 bits per heavy atom. The summed E-state index contributed by atoms with van der Waals surface area (Å²) in [7, 11) is 1.80. The molecule has 1 fully saturated rings. The first-order valence-electron chi connectivity index (χ1n) is 3.79. The maximum absolute atomic E-state index is 5.62. The predicted octanol–water partition coefficient (Wildman–Crippen LogP) is -0.220. The summed E-state index contributed by atoms with van der Waals surface area (Å²) in [5.74, 6) is 0.628. The molecule has 66 valence electrons. The zero-order valence-corrected chi connectivity index (χ0v) is 6.86. The lowest BCUT2D eigenvalue weighted by atomic mass is 10.3. The minimum Gasteiger partial charge on any atom is -0.468 e. The fraction of sp³-hybridized carbons (Fsp3) is 0.571. The van der Waals surface area contributed by atoms with E-state index in [0.29, 0.717) is 24.8 Å². The molecule has 5 nitrogen and oxygen atoms in total. The average molecular weight is 169 g/mol. The topological polar surface area (TPSA) is 62.3 Å². The summed E-state index contributed by atoms with van der Waals surface area (Å²) in [6.45, 7) is 1.29. The van der Waals surface area contributed by atoms with Gasteiger partial charge < -0.3 is 15.2 Å². The van der Waals surface area contributed by atoms with Gasteiger partial charge in [-0.3, -0.25) is 0 Å². The van der Waals surface area contributed by atoms with Crippen LogP contribution in [-0.4, -0.2) is 29.1 Å². The van der Waals surface area contributed by atoms with Gasteiger partial charge >= 0.3 is 0 Å². The summed E-state index contributed by atoms with van der Waals surface area (Å²) >= 11 is 0. The molecule has 0 aliphatic carbocycles. The third-order valence-corrected chi connectivity index (χ3v) is 1.80. The normalized spacial score (nSPS) is 17.4. The highest BCUT2D eigenvalue weighted by atomic mass is 16.6. The molecular weight excluding hydrogens is 158 g/mol. The van der Waals surface area contributed by atoms with E-state index in [4.69, 9.17) is 15.2 Å². The largest absolute Gasteiger partial charge is 0.468 e. The Labute approximate surface area is 70.1 Å². The second kappa shape index (κ2) is 2.67. The van der Waals surface area contributed by atoms with E-state index in [2.05, 4.69) is 5.10 Å². The first-order valence-corrected chi connectivity index (χ1v) is 3.79. The lowest BCUT2D eigenvalue weighted by Gasteiger charge is -2.26. The van der Waals surface area contributed by atoms with Gasteiger partial charge in [-0.15, -0.1) is 0 Å². The Kier molecular flexibility index (Phi) is 1.65. The number of nitrogens with two attached hydrogens (primary N) is 1. The molecule has 0 unspecified atom stereocenters. The molecule has 2 rings (SSSR count). The summed E-state index contributed by atoms with van der Waals surface area (Å²) in [4.78, 5) is 0. The van der Waals surface area contributed by atoms with E-state index in [1.54, 1.807) is 17.9 Å². The molecule has 0 spiro atoms. The molecular formula is C7H11N3O2. The van der Waals surface area contributed by atoms with E-state index >= 15 is 0 Å².